The fourth-order valence-corrected chi connectivity index (χ4v) is 1.60. The van der Waals surface area contributed by atoms with Gasteiger partial charge in [-0.15, -0.1) is 10.2 Å². The van der Waals surface area contributed by atoms with E-state index in [2.05, 4.69) is 10.2 Å². The number of ether oxygens (including phenoxy) is 1. The van der Waals surface area contributed by atoms with E-state index in [-0.39, 0.29) is 12.5 Å². The number of aromatic nitrogens is 3. The van der Waals surface area contributed by atoms with Crippen LogP contribution in [0.3, 0.4) is 0 Å². The molecule has 0 saturated carbocycles. The molecule has 2 rings (SSSR count). The maximum Gasteiger partial charge on any atom is 0.329 e. The van der Waals surface area contributed by atoms with E-state index in [1.165, 1.54) is 0 Å². The van der Waals surface area contributed by atoms with Gasteiger partial charge in [0, 0.05) is 13.1 Å². The number of aliphatic carboxylic acids is 1. The summed E-state index contributed by atoms with van der Waals surface area (Å²) in [7, 11) is 0. The molecule has 0 saturated heterocycles. The molecule has 1 N–H and O–H groups in total. The number of carbonyl (C=O) groups is 2. The van der Waals surface area contributed by atoms with Crippen LogP contribution in [-0.4, -0.2) is 56.4 Å². The van der Waals surface area contributed by atoms with E-state index in [0.29, 0.717) is 19.6 Å². The molecular formula is C9H12N4O4. The van der Waals surface area contributed by atoms with Crippen molar-refractivity contribution in [1.82, 2.24) is 19.7 Å². The Morgan fingerprint density at radius 3 is 3.00 bits per heavy atom. The Balaban J connectivity index is 1.84. The van der Waals surface area contributed by atoms with Crippen molar-refractivity contribution in [2.24, 2.45) is 0 Å². The first-order valence-corrected chi connectivity index (χ1v) is 5.11. The van der Waals surface area contributed by atoms with Gasteiger partial charge in [0.15, 0.2) is 5.82 Å². The number of rotatable bonds is 4. The molecule has 0 atom stereocenters. The highest BCUT2D eigenvalue weighted by Gasteiger charge is 2.21. The van der Waals surface area contributed by atoms with Gasteiger partial charge in [0.1, 0.15) is 19.5 Å². The fourth-order valence-electron chi connectivity index (χ4n) is 1.60. The summed E-state index contributed by atoms with van der Waals surface area (Å²) in [6, 6.07) is 0. The Morgan fingerprint density at radius 1 is 1.41 bits per heavy atom. The summed E-state index contributed by atoms with van der Waals surface area (Å²) >= 11 is 0. The molecule has 2 heterocycles. The molecule has 1 aliphatic heterocycles. The highest BCUT2D eigenvalue weighted by Crippen LogP contribution is 2.08. The van der Waals surface area contributed by atoms with Gasteiger partial charge < -0.3 is 19.3 Å². The Hall–Kier alpha value is -1.96. The van der Waals surface area contributed by atoms with Crippen LogP contribution in [0, 0.1) is 0 Å². The van der Waals surface area contributed by atoms with Gasteiger partial charge in [-0.2, -0.15) is 0 Å². The van der Waals surface area contributed by atoms with Crippen molar-refractivity contribution < 1.29 is 19.4 Å². The topological polar surface area (TPSA) is 97.6 Å². The van der Waals surface area contributed by atoms with Crippen molar-refractivity contribution in [1.29, 1.82) is 0 Å². The third-order valence-electron chi connectivity index (χ3n) is 2.44. The molecule has 0 fully saturated rings. The normalized spacial score (nSPS) is 14.5. The van der Waals surface area contributed by atoms with Gasteiger partial charge in [-0.05, 0) is 0 Å². The monoisotopic (exact) mass is 240 g/mol. The van der Waals surface area contributed by atoms with E-state index >= 15 is 0 Å². The number of carboxylic acids is 1. The summed E-state index contributed by atoms with van der Waals surface area (Å²) < 4.78 is 6.62. The molecule has 8 nitrogen and oxygen atoms in total. The minimum absolute atomic E-state index is 0.222. The third kappa shape index (κ3) is 2.78. The van der Waals surface area contributed by atoms with Gasteiger partial charge in [-0.25, -0.2) is 4.79 Å². The summed E-state index contributed by atoms with van der Waals surface area (Å²) in [5, 5.41) is 16.0. The summed E-state index contributed by atoms with van der Waals surface area (Å²) in [4.78, 5) is 23.5. The van der Waals surface area contributed by atoms with Crippen LogP contribution >= 0.6 is 0 Å². The molecular weight excluding hydrogens is 228 g/mol. The quantitative estimate of drug-likeness (QED) is 0.704. The van der Waals surface area contributed by atoms with Gasteiger partial charge in [0.05, 0.1) is 6.54 Å². The molecule has 1 aromatic rings. The minimum atomic E-state index is -1.09. The molecule has 0 spiro atoms. The largest absolute Gasteiger partial charge is 0.480 e. The molecule has 0 aromatic carbocycles. The lowest BCUT2D eigenvalue weighted by Crippen LogP contribution is -2.40. The predicted molar refractivity (Wildman–Crippen MR) is 53.9 cm³/mol. The predicted octanol–water partition coefficient (Wildman–Crippen LogP) is -1.28. The zero-order chi connectivity index (χ0) is 12.3. The lowest BCUT2D eigenvalue weighted by molar-refractivity contribution is -0.146. The van der Waals surface area contributed by atoms with Crippen LogP contribution in [0.5, 0.6) is 0 Å². The molecule has 1 amide bonds. The molecule has 8 heteroatoms. The van der Waals surface area contributed by atoms with Crippen molar-refractivity contribution >= 4 is 11.9 Å². The van der Waals surface area contributed by atoms with Crippen LogP contribution in [0.15, 0.2) is 6.33 Å². The molecule has 0 unspecified atom stereocenters. The van der Waals surface area contributed by atoms with E-state index < -0.39 is 12.6 Å². The molecule has 1 aliphatic rings. The second kappa shape index (κ2) is 4.91. The smallest absolute Gasteiger partial charge is 0.329 e. The SMILES string of the molecule is O=C(O)COCC(=O)N1CCn2cnnc2C1. The highest BCUT2D eigenvalue weighted by atomic mass is 16.5. The lowest BCUT2D eigenvalue weighted by atomic mass is 10.3. The van der Waals surface area contributed by atoms with Crippen LogP contribution in [0.2, 0.25) is 0 Å². The highest BCUT2D eigenvalue weighted by molar-refractivity contribution is 5.78. The van der Waals surface area contributed by atoms with E-state index in [0.717, 1.165) is 5.82 Å². The molecule has 92 valence electrons. The average Bonchev–Trinajstić information content (AvgIpc) is 2.75. The van der Waals surface area contributed by atoms with Gasteiger partial charge in [0.2, 0.25) is 5.91 Å². The lowest BCUT2D eigenvalue weighted by Gasteiger charge is -2.26. The van der Waals surface area contributed by atoms with Gasteiger partial charge >= 0.3 is 5.97 Å². The molecule has 17 heavy (non-hydrogen) atoms. The van der Waals surface area contributed by atoms with E-state index in [1.54, 1.807) is 11.2 Å². The Morgan fingerprint density at radius 2 is 2.24 bits per heavy atom. The summed E-state index contributed by atoms with van der Waals surface area (Å²) in [5.41, 5.74) is 0. The van der Waals surface area contributed by atoms with E-state index in [9.17, 15) is 9.59 Å². The summed E-state index contributed by atoms with van der Waals surface area (Å²) in [6.07, 6.45) is 1.62. The van der Waals surface area contributed by atoms with Crippen LogP contribution in [0.4, 0.5) is 0 Å². The number of hydrogen-bond acceptors (Lipinski definition) is 5. The zero-order valence-electron chi connectivity index (χ0n) is 9.07. The Labute approximate surface area is 96.8 Å². The molecule has 0 aliphatic carbocycles. The van der Waals surface area contributed by atoms with E-state index in [4.69, 9.17) is 9.84 Å². The average molecular weight is 240 g/mol. The number of carbonyl (C=O) groups excluding carboxylic acids is 1. The van der Waals surface area contributed by atoms with Crippen molar-refractivity contribution in [3.63, 3.8) is 0 Å². The van der Waals surface area contributed by atoms with Gasteiger partial charge in [0.25, 0.3) is 0 Å². The Bertz CT molecular complexity index is 430. The second-order valence-electron chi connectivity index (χ2n) is 3.64. The van der Waals surface area contributed by atoms with Crippen molar-refractivity contribution in [2.45, 2.75) is 13.1 Å². The third-order valence-corrected chi connectivity index (χ3v) is 2.44. The number of carboxylic acid groups (broad SMARTS) is 1. The van der Waals surface area contributed by atoms with Gasteiger partial charge in [-0.1, -0.05) is 0 Å². The first-order valence-electron chi connectivity index (χ1n) is 5.11. The molecule has 1 aromatic heterocycles. The first kappa shape index (κ1) is 11.5. The second-order valence-corrected chi connectivity index (χ2v) is 3.64. The zero-order valence-corrected chi connectivity index (χ0v) is 9.07. The first-order chi connectivity index (χ1) is 8.16. The van der Waals surface area contributed by atoms with Crippen LogP contribution in [-0.2, 0) is 27.4 Å². The standard InChI is InChI=1S/C9H12N4O4/c14-8(4-17-5-9(15)16)12-1-2-13-6-10-11-7(13)3-12/h6H,1-5H2,(H,15,16). The summed E-state index contributed by atoms with van der Waals surface area (Å²) in [5.74, 6) is -0.598. The number of nitrogens with zero attached hydrogens (tertiary/aromatic N) is 4. The van der Waals surface area contributed by atoms with Crippen LogP contribution in [0.25, 0.3) is 0 Å². The minimum Gasteiger partial charge on any atom is -0.480 e. The number of fused-ring (bicyclic) bond motifs is 1. The molecule has 0 radical (unpaired) electrons. The summed E-state index contributed by atoms with van der Waals surface area (Å²) in [6.45, 7) is 0.902. The van der Waals surface area contributed by atoms with Gasteiger partial charge in [-0.3, -0.25) is 4.79 Å². The maximum atomic E-state index is 11.7. The Kier molecular flexibility index (Phi) is 3.33. The number of amides is 1. The van der Waals surface area contributed by atoms with Crippen LogP contribution in [0.1, 0.15) is 5.82 Å². The van der Waals surface area contributed by atoms with Crippen molar-refractivity contribution in [3.8, 4) is 0 Å². The maximum absolute atomic E-state index is 11.7. The van der Waals surface area contributed by atoms with E-state index in [1.807, 2.05) is 4.57 Å². The van der Waals surface area contributed by atoms with Crippen molar-refractivity contribution in [3.05, 3.63) is 12.2 Å². The van der Waals surface area contributed by atoms with Crippen molar-refractivity contribution in [2.75, 3.05) is 19.8 Å². The molecule has 0 bridgehead atoms. The van der Waals surface area contributed by atoms with Crippen LogP contribution < -0.4 is 0 Å². The fraction of sp³-hybridized carbons (Fsp3) is 0.556. The number of hydrogen-bond donors (Lipinski definition) is 1.